The molecule has 2 aromatic rings. The lowest BCUT2D eigenvalue weighted by Gasteiger charge is -2.34. The first-order valence-corrected chi connectivity index (χ1v) is 8.93. The lowest BCUT2D eigenvalue weighted by Crippen LogP contribution is -2.48. The first-order valence-electron chi connectivity index (χ1n) is 8.93. The van der Waals surface area contributed by atoms with Crippen molar-refractivity contribution in [2.75, 3.05) is 39.9 Å². The summed E-state index contributed by atoms with van der Waals surface area (Å²) < 4.78 is 10.9. The van der Waals surface area contributed by atoms with Gasteiger partial charge in [0.25, 0.3) is 5.91 Å². The third kappa shape index (κ3) is 4.32. The summed E-state index contributed by atoms with van der Waals surface area (Å²) >= 11 is 0. The van der Waals surface area contributed by atoms with Crippen LogP contribution >= 0.6 is 0 Å². The fourth-order valence-corrected chi connectivity index (χ4v) is 3.09. The van der Waals surface area contributed by atoms with Crippen molar-refractivity contribution >= 4 is 5.91 Å². The number of aromatic nitrogens is 1. The van der Waals surface area contributed by atoms with Crippen LogP contribution in [0.5, 0.6) is 11.5 Å². The molecule has 0 radical (unpaired) electrons. The molecule has 26 heavy (non-hydrogen) atoms. The lowest BCUT2D eigenvalue weighted by atomic mass is 10.1. The molecule has 1 fully saturated rings. The summed E-state index contributed by atoms with van der Waals surface area (Å²) in [6, 6.07) is 11.3. The van der Waals surface area contributed by atoms with Gasteiger partial charge in [-0.3, -0.25) is 14.7 Å². The molecule has 0 bridgehead atoms. The highest BCUT2D eigenvalue weighted by Gasteiger charge is 2.23. The van der Waals surface area contributed by atoms with Crippen molar-refractivity contribution in [2.24, 2.45) is 0 Å². The van der Waals surface area contributed by atoms with Gasteiger partial charge in [0.1, 0.15) is 0 Å². The van der Waals surface area contributed by atoms with Crippen molar-refractivity contribution in [3.8, 4) is 11.5 Å². The highest BCUT2D eigenvalue weighted by molar-refractivity contribution is 5.95. The maximum Gasteiger partial charge on any atom is 0.254 e. The van der Waals surface area contributed by atoms with Crippen LogP contribution in [0.2, 0.25) is 0 Å². The molecule has 1 amide bonds. The van der Waals surface area contributed by atoms with E-state index in [2.05, 4.69) is 9.88 Å². The molecule has 138 valence electrons. The van der Waals surface area contributed by atoms with Crippen LogP contribution in [0.1, 0.15) is 23.0 Å². The zero-order valence-corrected chi connectivity index (χ0v) is 15.4. The van der Waals surface area contributed by atoms with Crippen LogP contribution in [0, 0.1) is 0 Å². The molecule has 2 heterocycles. The first kappa shape index (κ1) is 18.2. The van der Waals surface area contributed by atoms with Crippen LogP contribution in [0.15, 0.2) is 42.6 Å². The average molecular weight is 355 g/mol. The highest BCUT2D eigenvalue weighted by Crippen LogP contribution is 2.28. The lowest BCUT2D eigenvalue weighted by molar-refractivity contribution is 0.0626. The van der Waals surface area contributed by atoms with Gasteiger partial charge in [0, 0.05) is 44.5 Å². The number of benzene rings is 1. The summed E-state index contributed by atoms with van der Waals surface area (Å²) in [6.07, 6.45) is 1.81. The summed E-state index contributed by atoms with van der Waals surface area (Å²) in [5.74, 6) is 1.28. The quantitative estimate of drug-likeness (QED) is 0.797. The number of rotatable bonds is 6. The van der Waals surface area contributed by atoms with E-state index in [9.17, 15) is 4.79 Å². The third-order valence-electron chi connectivity index (χ3n) is 4.48. The van der Waals surface area contributed by atoms with Gasteiger partial charge in [-0.2, -0.15) is 0 Å². The largest absolute Gasteiger partial charge is 0.493 e. The summed E-state index contributed by atoms with van der Waals surface area (Å²) in [4.78, 5) is 21.4. The van der Waals surface area contributed by atoms with Gasteiger partial charge in [0.05, 0.1) is 19.4 Å². The number of hydrogen-bond acceptors (Lipinski definition) is 5. The van der Waals surface area contributed by atoms with E-state index >= 15 is 0 Å². The summed E-state index contributed by atoms with van der Waals surface area (Å²) in [5.41, 5.74) is 1.69. The summed E-state index contributed by atoms with van der Waals surface area (Å²) in [6.45, 7) is 6.37. The second-order valence-electron chi connectivity index (χ2n) is 6.19. The molecule has 1 aliphatic rings. The maximum absolute atomic E-state index is 12.8. The van der Waals surface area contributed by atoms with Gasteiger partial charge in [-0.25, -0.2) is 0 Å². The van der Waals surface area contributed by atoms with E-state index in [1.807, 2.05) is 36.2 Å². The number of methoxy groups -OCH3 is 1. The molecular formula is C20H25N3O3. The van der Waals surface area contributed by atoms with E-state index in [0.29, 0.717) is 36.8 Å². The van der Waals surface area contributed by atoms with Crippen molar-refractivity contribution in [1.82, 2.24) is 14.8 Å². The number of hydrogen-bond donors (Lipinski definition) is 0. The molecule has 1 aromatic carbocycles. The zero-order valence-electron chi connectivity index (χ0n) is 15.4. The van der Waals surface area contributed by atoms with Crippen LogP contribution in [-0.4, -0.2) is 60.6 Å². The molecule has 0 spiro atoms. The number of piperazine rings is 1. The average Bonchev–Trinajstić information content (AvgIpc) is 2.69. The Morgan fingerprint density at radius 2 is 1.92 bits per heavy atom. The molecular weight excluding hydrogens is 330 g/mol. The Labute approximate surface area is 154 Å². The number of amides is 1. The Kier molecular flexibility index (Phi) is 6.07. The fourth-order valence-electron chi connectivity index (χ4n) is 3.09. The smallest absolute Gasteiger partial charge is 0.254 e. The van der Waals surface area contributed by atoms with Gasteiger partial charge in [-0.05, 0) is 37.3 Å². The molecule has 6 nitrogen and oxygen atoms in total. The van der Waals surface area contributed by atoms with E-state index in [1.54, 1.807) is 25.3 Å². The van der Waals surface area contributed by atoms with Crippen molar-refractivity contribution < 1.29 is 14.3 Å². The number of carbonyl (C=O) groups excluding carboxylic acids is 1. The van der Waals surface area contributed by atoms with Crippen molar-refractivity contribution in [3.05, 3.63) is 53.9 Å². The standard InChI is InChI=1S/C20H25N3O3/c1-3-26-19-14-16(7-8-18(19)25-2)20(24)23-12-10-22(11-13-23)15-17-6-4-5-9-21-17/h4-9,14H,3,10-13,15H2,1-2H3. The molecule has 0 N–H and O–H groups in total. The van der Waals surface area contributed by atoms with Crippen molar-refractivity contribution in [3.63, 3.8) is 0 Å². The molecule has 0 saturated carbocycles. The Morgan fingerprint density at radius 3 is 2.58 bits per heavy atom. The Balaban J connectivity index is 1.60. The predicted octanol–water partition coefficient (Wildman–Crippen LogP) is 2.45. The molecule has 3 rings (SSSR count). The van der Waals surface area contributed by atoms with Crippen LogP contribution in [0.25, 0.3) is 0 Å². The summed E-state index contributed by atoms with van der Waals surface area (Å²) in [5, 5.41) is 0. The maximum atomic E-state index is 12.8. The van der Waals surface area contributed by atoms with Crippen LogP contribution in [0.3, 0.4) is 0 Å². The second kappa shape index (κ2) is 8.67. The van der Waals surface area contributed by atoms with Gasteiger partial charge in [0.2, 0.25) is 0 Å². The number of ether oxygens (including phenoxy) is 2. The number of pyridine rings is 1. The normalized spacial score (nSPS) is 14.9. The number of carbonyl (C=O) groups is 1. The molecule has 1 aromatic heterocycles. The minimum Gasteiger partial charge on any atom is -0.493 e. The van der Waals surface area contributed by atoms with Crippen LogP contribution in [-0.2, 0) is 6.54 Å². The Bertz CT molecular complexity index is 728. The zero-order chi connectivity index (χ0) is 18.4. The van der Waals surface area contributed by atoms with E-state index in [1.165, 1.54) is 0 Å². The molecule has 0 aliphatic carbocycles. The van der Waals surface area contributed by atoms with Crippen LogP contribution < -0.4 is 9.47 Å². The molecule has 1 aliphatic heterocycles. The SMILES string of the molecule is CCOc1cc(C(=O)N2CCN(Cc3ccccn3)CC2)ccc1OC. The van der Waals surface area contributed by atoms with E-state index < -0.39 is 0 Å². The van der Waals surface area contributed by atoms with Gasteiger partial charge >= 0.3 is 0 Å². The summed E-state index contributed by atoms with van der Waals surface area (Å²) in [7, 11) is 1.60. The predicted molar refractivity (Wildman–Crippen MR) is 99.6 cm³/mol. The second-order valence-corrected chi connectivity index (χ2v) is 6.19. The highest BCUT2D eigenvalue weighted by atomic mass is 16.5. The Morgan fingerprint density at radius 1 is 1.12 bits per heavy atom. The number of nitrogens with zero attached hydrogens (tertiary/aromatic N) is 3. The Hall–Kier alpha value is -2.60. The van der Waals surface area contributed by atoms with Gasteiger partial charge in [-0.1, -0.05) is 6.07 Å². The minimum absolute atomic E-state index is 0.0334. The molecule has 0 atom stereocenters. The molecule has 1 saturated heterocycles. The van der Waals surface area contributed by atoms with Crippen molar-refractivity contribution in [1.29, 1.82) is 0 Å². The van der Waals surface area contributed by atoms with E-state index in [4.69, 9.17) is 9.47 Å². The first-order chi connectivity index (χ1) is 12.7. The minimum atomic E-state index is 0.0334. The third-order valence-corrected chi connectivity index (χ3v) is 4.48. The monoisotopic (exact) mass is 355 g/mol. The topological polar surface area (TPSA) is 54.9 Å². The van der Waals surface area contributed by atoms with Crippen LogP contribution in [0.4, 0.5) is 0 Å². The van der Waals surface area contributed by atoms with E-state index in [0.717, 1.165) is 25.3 Å². The fraction of sp³-hybridized carbons (Fsp3) is 0.400. The van der Waals surface area contributed by atoms with Gasteiger partial charge < -0.3 is 14.4 Å². The van der Waals surface area contributed by atoms with Gasteiger partial charge in [-0.15, -0.1) is 0 Å². The van der Waals surface area contributed by atoms with Crippen molar-refractivity contribution in [2.45, 2.75) is 13.5 Å². The van der Waals surface area contributed by atoms with E-state index in [-0.39, 0.29) is 5.91 Å². The molecule has 0 unspecified atom stereocenters. The van der Waals surface area contributed by atoms with Gasteiger partial charge in [0.15, 0.2) is 11.5 Å². The molecule has 6 heteroatoms.